The first-order chi connectivity index (χ1) is 8.50. The zero-order valence-corrected chi connectivity index (χ0v) is 9.53. The summed E-state index contributed by atoms with van der Waals surface area (Å²) in [6.45, 7) is 0. The van der Waals surface area contributed by atoms with E-state index in [1.807, 2.05) is 0 Å². The molecule has 0 aliphatic carbocycles. The third-order valence-electron chi connectivity index (χ3n) is 2.05. The molecule has 0 atom stereocenters. The Kier molecular flexibility index (Phi) is 2.90. The summed E-state index contributed by atoms with van der Waals surface area (Å²) in [7, 11) is 0. The second kappa shape index (κ2) is 4.37. The number of aromatic carboxylic acids is 2. The van der Waals surface area contributed by atoms with Crippen molar-refractivity contribution in [1.82, 2.24) is 19.1 Å². The van der Waals surface area contributed by atoms with E-state index in [0.717, 1.165) is 10.8 Å². The molecule has 2 aromatic heterocycles. The molecule has 0 aliphatic heterocycles. The number of carboxylic acids is 2. The highest BCUT2D eigenvalue weighted by Crippen LogP contribution is 2.06. The van der Waals surface area contributed by atoms with Crippen molar-refractivity contribution in [3.8, 4) is 0 Å². The highest BCUT2D eigenvalue weighted by molar-refractivity contribution is 7.80. The summed E-state index contributed by atoms with van der Waals surface area (Å²) in [5.74, 6) is -3.17. The van der Waals surface area contributed by atoms with Gasteiger partial charge in [-0.25, -0.2) is 19.6 Å². The van der Waals surface area contributed by atoms with Gasteiger partial charge in [-0.05, 0) is 12.2 Å². The predicted octanol–water partition coefficient (Wildman–Crippen LogP) is 0.157. The van der Waals surface area contributed by atoms with Gasteiger partial charge in [0, 0.05) is 18.6 Å². The summed E-state index contributed by atoms with van der Waals surface area (Å²) < 4.78 is 2.37. The summed E-state index contributed by atoms with van der Waals surface area (Å²) in [5.41, 5.74) is -0.394. The smallest absolute Gasteiger partial charge is 0.372 e. The molecule has 9 heteroatoms. The molecule has 2 rings (SSSR count). The Labute approximate surface area is 105 Å². The van der Waals surface area contributed by atoms with Crippen LogP contribution >= 0.6 is 12.2 Å². The lowest BCUT2D eigenvalue weighted by Crippen LogP contribution is -2.21. The molecule has 2 heterocycles. The van der Waals surface area contributed by atoms with Crippen molar-refractivity contribution in [1.29, 1.82) is 0 Å². The highest BCUT2D eigenvalue weighted by atomic mass is 32.1. The van der Waals surface area contributed by atoms with Crippen molar-refractivity contribution in [2.75, 3.05) is 0 Å². The van der Waals surface area contributed by atoms with Crippen LogP contribution in [0, 0.1) is 0 Å². The van der Waals surface area contributed by atoms with Crippen molar-refractivity contribution >= 4 is 29.3 Å². The summed E-state index contributed by atoms with van der Waals surface area (Å²) in [4.78, 5) is 29.0. The van der Waals surface area contributed by atoms with Gasteiger partial charge in [-0.3, -0.25) is 9.13 Å². The van der Waals surface area contributed by atoms with Crippen LogP contribution in [-0.2, 0) is 0 Å². The third kappa shape index (κ3) is 1.98. The van der Waals surface area contributed by atoms with Gasteiger partial charge >= 0.3 is 11.9 Å². The molecule has 0 saturated heterocycles. The van der Waals surface area contributed by atoms with Crippen LogP contribution in [0.15, 0.2) is 24.9 Å². The van der Waals surface area contributed by atoms with Gasteiger partial charge in [0.05, 0.1) is 0 Å². The van der Waals surface area contributed by atoms with Crippen LogP contribution < -0.4 is 0 Å². The fourth-order valence-corrected chi connectivity index (χ4v) is 1.52. The normalized spacial score (nSPS) is 10.2. The molecule has 18 heavy (non-hydrogen) atoms. The monoisotopic (exact) mass is 266 g/mol. The SMILES string of the molecule is O=C(O)c1cn(C(=S)n2ccnc2)c(C(=O)O)n1. The van der Waals surface area contributed by atoms with Gasteiger partial charge < -0.3 is 10.2 Å². The molecular weight excluding hydrogens is 260 g/mol. The van der Waals surface area contributed by atoms with E-state index in [2.05, 4.69) is 9.97 Å². The maximum absolute atomic E-state index is 11.0. The molecule has 0 spiro atoms. The molecule has 0 radical (unpaired) electrons. The van der Waals surface area contributed by atoms with Crippen LogP contribution in [0.3, 0.4) is 0 Å². The van der Waals surface area contributed by atoms with E-state index in [1.54, 1.807) is 0 Å². The molecule has 2 aromatic rings. The van der Waals surface area contributed by atoms with Gasteiger partial charge in [-0.1, -0.05) is 0 Å². The molecule has 0 saturated carbocycles. The number of rotatable bonds is 2. The first-order valence-electron chi connectivity index (χ1n) is 4.59. The second-order valence-corrected chi connectivity index (χ2v) is 3.55. The van der Waals surface area contributed by atoms with E-state index < -0.39 is 23.5 Å². The zero-order valence-electron chi connectivity index (χ0n) is 8.72. The number of hydrogen-bond donors (Lipinski definition) is 2. The summed E-state index contributed by atoms with van der Waals surface area (Å²) >= 11 is 5.04. The number of nitrogens with zero attached hydrogens (tertiary/aromatic N) is 4. The van der Waals surface area contributed by atoms with Crippen molar-refractivity contribution < 1.29 is 19.8 Å². The second-order valence-electron chi connectivity index (χ2n) is 3.18. The Hall–Kier alpha value is -2.55. The summed E-state index contributed by atoms with van der Waals surface area (Å²) in [6.07, 6.45) is 5.39. The minimum absolute atomic E-state index is 0.0462. The number of carboxylic acid groups (broad SMARTS) is 2. The molecule has 0 aromatic carbocycles. The van der Waals surface area contributed by atoms with Crippen LogP contribution in [0.1, 0.15) is 21.1 Å². The summed E-state index contributed by atoms with van der Waals surface area (Å²) in [6, 6.07) is 0. The number of thiocarbonyl (C=S) groups is 1. The predicted molar refractivity (Wildman–Crippen MR) is 61.8 cm³/mol. The van der Waals surface area contributed by atoms with E-state index in [9.17, 15) is 9.59 Å². The van der Waals surface area contributed by atoms with E-state index in [4.69, 9.17) is 22.4 Å². The average Bonchev–Trinajstić information content (AvgIpc) is 2.97. The van der Waals surface area contributed by atoms with Gasteiger partial charge in [-0.15, -0.1) is 0 Å². The van der Waals surface area contributed by atoms with Gasteiger partial charge in [0.15, 0.2) is 10.8 Å². The first-order valence-corrected chi connectivity index (χ1v) is 5.00. The Morgan fingerprint density at radius 1 is 1.28 bits per heavy atom. The maximum atomic E-state index is 11.0. The fourth-order valence-electron chi connectivity index (χ4n) is 1.28. The van der Waals surface area contributed by atoms with Crippen molar-refractivity contribution in [3.05, 3.63) is 36.4 Å². The molecule has 0 bridgehead atoms. The summed E-state index contributed by atoms with van der Waals surface area (Å²) in [5, 5.41) is 17.8. The highest BCUT2D eigenvalue weighted by Gasteiger charge is 2.21. The minimum atomic E-state index is -1.37. The minimum Gasteiger partial charge on any atom is -0.476 e. The van der Waals surface area contributed by atoms with Crippen molar-refractivity contribution in [2.45, 2.75) is 0 Å². The van der Waals surface area contributed by atoms with E-state index in [-0.39, 0.29) is 5.11 Å². The third-order valence-corrected chi connectivity index (χ3v) is 2.46. The molecule has 0 unspecified atom stereocenters. The number of aromatic nitrogens is 4. The topological polar surface area (TPSA) is 110 Å². The molecule has 0 amide bonds. The Morgan fingerprint density at radius 2 is 2.00 bits per heavy atom. The molecule has 92 valence electrons. The van der Waals surface area contributed by atoms with Gasteiger partial charge in [0.2, 0.25) is 5.82 Å². The first kappa shape index (κ1) is 11.9. The lowest BCUT2D eigenvalue weighted by Gasteiger charge is -2.06. The number of imidazole rings is 2. The van der Waals surface area contributed by atoms with Gasteiger partial charge in [-0.2, -0.15) is 0 Å². The zero-order chi connectivity index (χ0) is 13.3. The average molecular weight is 266 g/mol. The van der Waals surface area contributed by atoms with Crippen molar-refractivity contribution in [2.24, 2.45) is 0 Å². The maximum Gasteiger partial charge on any atom is 0.372 e. The fraction of sp³-hybridized carbons (Fsp3) is 0. The standard InChI is InChI=1S/C9H6N4O4S/c14-7(15)5-3-13(6(11-5)8(16)17)9(18)12-2-1-10-4-12/h1-4H,(H,14,15)(H,16,17). The number of carbonyl (C=O) groups is 2. The van der Waals surface area contributed by atoms with E-state index in [1.165, 1.54) is 23.3 Å². The van der Waals surface area contributed by atoms with Crippen LogP contribution in [0.2, 0.25) is 0 Å². The Bertz CT molecular complexity index is 631. The largest absolute Gasteiger partial charge is 0.476 e. The van der Waals surface area contributed by atoms with Crippen LogP contribution in [0.5, 0.6) is 0 Å². The molecule has 2 N–H and O–H groups in total. The lowest BCUT2D eigenvalue weighted by atomic mass is 10.5. The molecule has 0 fully saturated rings. The van der Waals surface area contributed by atoms with E-state index in [0.29, 0.717) is 0 Å². The van der Waals surface area contributed by atoms with E-state index >= 15 is 0 Å². The van der Waals surface area contributed by atoms with Crippen molar-refractivity contribution in [3.63, 3.8) is 0 Å². The molecule has 0 aliphatic rings. The Balaban J connectivity index is 2.52. The van der Waals surface area contributed by atoms with Gasteiger partial charge in [0.25, 0.3) is 0 Å². The quantitative estimate of drug-likeness (QED) is 0.745. The molecular formula is C9H6N4O4S. The van der Waals surface area contributed by atoms with Crippen LogP contribution in [-0.4, -0.2) is 46.4 Å². The molecule has 8 nitrogen and oxygen atoms in total. The van der Waals surface area contributed by atoms with Crippen LogP contribution in [0.4, 0.5) is 0 Å². The van der Waals surface area contributed by atoms with Gasteiger partial charge in [0.1, 0.15) is 6.33 Å². The number of hydrogen-bond acceptors (Lipinski definition) is 5. The lowest BCUT2D eigenvalue weighted by molar-refractivity contribution is 0.0682. The van der Waals surface area contributed by atoms with Crippen LogP contribution in [0.25, 0.3) is 0 Å². The Morgan fingerprint density at radius 3 is 2.50 bits per heavy atom.